The summed E-state index contributed by atoms with van der Waals surface area (Å²) in [4.78, 5) is 31.4. The Balaban J connectivity index is 1.52. The van der Waals surface area contributed by atoms with Gasteiger partial charge in [0.15, 0.2) is 0 Å². The van der Waals surface area contributed by atoms with Crippen molar-refractivity contribution in [2.75, 3.05) is 33.4 Å². The van der Waals surface area contributed by atoms with Crippen molar-refractivity contribution in [2.24, 2.45) is 0 Å². The highest BCUT2D eigenvalue weighted by Crippen LogP contribution is 2.37. The third-order valence-corrected chi connectivity index (χ3v) is 8.04. The fraction of sp³-hybridized carbons (Fsp3) is 0.389. The van der Waals surface area contributed by atoms with Gasteiger partial charge in [0.1, 0.15) is 18.0 Å². The Morgan fingerprint density at radius 3 is 2.34 bits per heavy atom. The number of carbonyl (C=O) groups excluding carboxylic acids is 2. The first-order chi connectivity index (χ1) is 21.1. The summed E-state index contributed by atoms with van der Waals surface area (Å²) in [6.45, 7) is 7.31. The predicted octanol–water partition coefficient (Wildman–Crippen LogP) is 7.62. The Kier molecular flexibility index (Phi) is 9.97. The monoisotopic (exact) mass is 616 g/mol. The molecule has 0 saturated heterocycles. The molecule has 5 rings (SSSR count). The number of nitrogens with zero attached hydrogens (tertiary/aromatic N) is 2. The van der Waals surface area contributed by atoms with E-state index in [9.17, 15) is 9.59 Å². The number of carbonyl (C=O) groups is 2. The Hall–Kier alpha value is -3.81. The van der Waals surface area contributed by atoms with Crippen molar-refractivity contribution >= 4 is 29.2 Å². The van der Waals surface area contributed by atoms with Gasteiger partial charge in [0.05, 0.1) is 18.2 Å². The number of ether oxygens (including phenoxy) is 3. The van der Waals surface area contributed by atoms with Gasteiger partial charge in [-0.3, -0.25) is 4.79 Å². The van der Waals surface area contributed by atoms with Crippen LogP contribution >= 0.6 is 11.6 Å². The smallest absolute Gasteiger partial charge is 0.410 e. The van der Waals surface area contributed by atoms with E-state index in [1.54, 1.807) is 18.1 Å². The van der Waals surface area contributed by atoms with Crippen molar-refractivity contribution in [2.45, 2.75) is 58.2 Å². The van der Waals surface area contributed by atoms with E-state index in [1.807, 2.05) is 62.1 Å². The summed E-state index contributed by atoms with van der Waals surface area (Å²) in [5, 5.41) is 0.494. The first kappa shape index (κ1) is 31.6. The lowest BCUT2D eigenvalue weighted by Gasteiger charge is -2.34. The zero-order chi connectivity index (χ0) is 31.3. The van der Waals surface area contributed by atoms with Crippen molar-refractivity contribution in [1.82, 2.24) is 9.80 Å². The summed E-state index contributed by atoms with van der Waals surface area (Å²) < 4.78 is 16.9. The van der Waals surface area contributed by atoms with Gasteiger partial charge in [-0.15, -0.1) is 0 Å². The maximum atomic E-state index is 14.6. The van der Waals surface area contributed by atoms with E-state index < -0.39 is 11.7 Å². The van der Waals surface area contributed by atoms with Crippen LogP contribution in [0.15, 0.2) is 78.4 Å². The van der Waals surface area contributed by atoms with E-state index in [1.165, 1.54) is 0 Å². The maximum absolute atomic E-state index is 14.6. The molecule has 1 fully saturated rings. The van der Waals surface area contributed by atoms with Crippen LogP contribution in [0, 0.1) is 0 Å². The van der Waals surface area contributed by atoms with Gasteiger partial charge in [0.25, 0.3) is 5.91 Å². The summed E-state index contributed by atoms with van der Waals surface area (Å²) >= 11 is 6.55. The first-order valence-corrected chi connectivity index (χ1v) is 15.6. The van der Waals surface area contributed by atoms with Gasteiger partial charge in [-0.25, -0.2) is 4.79 Å². The molecule has 232 valence electrons. The number of methoxy groups -OCH3 is 1. The molecule has 1 aliphatic carbocycles. The topological polar surface area (TPSA) is 68.3 Å². The quantitative estimate of drug-likeness (QED) is 0.219. The van der Waals surface area contributed by atoms with Crippen LogP contribution in [0.25, 0.3) is 16.7 Å². The molecule has 1 aliphatic heterocycles. The lowest BCUT2D eigenvalue weighted by Crippen LogP contribution is -2.44. The predicted molar refractivity (Wildman–Crippen MR) is 174 cm³/mol. The zero-order valence-electron chi connectivity index (χ0n) is 26.0. The number of halogens is 1. The molecule has 0 aromatic heterocycles. The summed E-state index contributed by atoms with van der Waals surface area (Å²) in [6, 6.07) is 24.2. The van der Waals surface area contributed by atoms with Crippen LogP contribution < -0.4 is 4.74 Å². The van der Waals surface area contributed by atoms with E-state index in [0.717, 1.165) is 40.7 Å². The van der Waals surface area contributed by atoms with Gasteiger partial charge < -0.3 is 24.0 Å². The minimum atomic E-state index is -0.638. The van der Waals surface area contributed by atoms with E-state index in [2.05, 4.69) is 30.3 Å². The van der Waals surface area contributed by atoms with Crippen molar-refractivity contribution < 1.29 is 23.8 Å². The fourth-order valence-electron chi connectivity index (χ4n) is 5.45. The molecule has 0 bridgehead atoms. The van der Waals surface area contributed by atoms with Crippen molar-refractivity contribution in [3.8, 4) is 16.9 Å². The molecule has 0 N–H and O–H groups in total. The molecule has 0 atom stereocenters. The minimum absolute atomic E-state index is 0.0799. The van der Waals surface area contributed by atoms with Gasteiger partial charge in [-0.05, 0) is 74.4 Å². The van der Waals surface area contributed by atoms with Crippen LogP contribution in [0.3, 0.4) is 0 Å². The average Bonchev–Trinajstić information content (AvgIpc) is 3.86. The average molecular weight is 617 g/mol. The molecule has 0 spiro atoms. The van der Waals surface area contributed by atoms with E-state index >= 15 is 0 Å². The van der Waals surface area contributed by atoms with E-state index in [-0.39, 0.29) is 18.5 Å². The molecule has 2 aliphatic rings. The Morgan fingerprint density at radius 2 is 1.64 bits per heavy atom. The lowest BCUT2D eigenvalue weighted by atomic mass is 9.90. The highest BCUT2D eigenvalue weighted by Gasteiger charge is 2.38. The second kappa shape index (κ2) is 13.9. The largest absolute Gasteiger partial charge is 0.489 e. The van der Waals surface area contributed by atoms with Gasteiger partial charge >= 0.3 is 6.09 Å². The summed E-state index contributed by atoms with van der Waals surface area (Å²) in [6.07, 6.45) is 1.98. The molecular weight excluding hydrogens is 576 g/mol. The molecule has 3 aromatic carbocycles. The molecule has 8 heteroatoms. The standard InChI is InChI=1S/C36H41ClN2O5/c1-36(2,3)44-35(41)38-19-18-30(27-13-8-12-26(22-27)25-10-6-5-7-11-25)31(24-38)34(40)39(29-16-17-29)23-28-14-9-15-32(37)33(28)43-21-20-42-4/h5-15,22,29H,16-21,23-24H2,1-4H3. The summed E-state index contributed by atoms with van der Waals surface area (Å²) in [5.41, 5.74) is 4.94. The molecule has 1 saturated carbocycles. The second-order valence-electron chi connectivity index (χ2n) is 12.3. The third-order valence-electron chi connectivity index (χ3n) is 7.74. The Labute approximate surface area is 265 Å². The molecule has 1 heterocycles. The third kappa shape index (κ3) is 7.82. The van der Waals surface area contributed by atoms with E-state index in [4.69, 9.17) is 25.8 Å². The molecule has 0 radical (unpaired) electrons. The normalized spacial score (nSPS) is 15.2. The number of hydrogen-bond donors (Lipinski definition) is 0. The molecule has 44 heavy (non-hydrogen) atoms. The molecule has 7 nitrogen and oxygen atoms in total. The number of para-hydroxylation sites is 1. The second-order valence-corrected chi connectivity index (χ2v) is 12.7. The SMILES string of the molecule is COCCOc1c(Cl)cccc1CN(C(=O)C1=C(c2cccc(-c3ccccc3)c2)CCN(C(=O)OC(C)(C)C)C1)C1CC1. The number of rotatable bonds is 10. The molecular formula is C36H41ClN2O5. The van der Waals surface area contributed by atoms with Gasteiger partial charge in [0.2, 0.25) is 0 Å². The van der Waals surface area contributed by atoms with Gasteiger partial charge in [-0.2, -0.15) is 0 Å². The molecule has 0 unspecified atom stereocenters. The van der Waals surface area contributed by atoms with Crippen molar-refractivity contribution in [3.05, 3.63) is 94.5 Å². The number of hydrogen-bond acceptors (Lipinski definition) is 5. The van der Waals surface area contributed by atoms with Crippen LogP contribution in [-0.2, 0) is 20.8 Å². The van der Waals surface area contributed by atoms with Crippen LogP contribution in [0.4, 0.5) is 4.79 Å². The van der Waals surface area contributed by atoms with Crippen LogP contribution in [0.2, 0.25) is 5.02 Å². The van der Waals surface area contributed by atoms with E-state index in [0.29, 0.717) is 49.1 Å². The highest BCUT2D eigenvalue weighted by atomic mass is 35.5. The van der Waals surface area contributed by atoms with Crippen LogP contribution in [0.5, 0.6) is 5.75 Å². The minimum Gasteiger partial charge on any atom is -0.489 e. The summed E-state index contributed by atoms with van der Waals surface area (Å²) in [5.74, 6) is 0.483. The van der Waals surface area contributed by atoms with Crippen molar-refractivity contribution in [1.29, 1.82) is 0 Å². The van der Waals surface area contributed by atoms with Gasteiger partial charge in [-0.1, -0.05) is 72.3 Å². The van der Waals surface area contributed by atoms with Gasteiger partial charge in [0, 0.05) is 37.4 Å². The zero-order valence-corrected chi connectivity index (χ0v) is 26.7. The lowest BCUT2D eigenvalue weighted by molar-refractivity contribution is -0.128. The Bertz CT molecular complexity index is 1510. The Morgan fingerprint density at radius 1 is 0.932 bits per heavy atom. The van der Waals surface area contributed by atoms with Crippen LogP contribution in [0.1, 0.15) is 51.2 Å². The summed E-state index contributed by atoms with van der Waals surface area (Å²) in [7, 11) is 1.62. The van der Waals surface area contributed by atoms with Crippen LogP contribution in [-0.4, -0.2) is 66.9 Å². The maximum Gasteiger partial charge on any atom is 0.410 e. The van der Waals surface area contributed by atoms with Crippen molar-refractivity contribution in [3.63, 3.8) is 0 Å². The first-order valence-electron chi connectivity index (χ1n) is 15.2. The number of benzene rings is 3. The number of amides is 2. The highest BCUT2D eigenvalue weighted by molar-refractivity contribution is 6.32. The fourth-order valence-corrected chi connectivity index (χ4v) is 5.70. The molecule has 2 amide bonds. The molecule has 3 aromatic rings.